The van der Waals surface area contributed by atoms with Gasteiger partial charge >= 0.3 is 5.97 Å². The van der Waals surface area contributed by atoms with E-state index in [2.05, 4.69) is 5.32 Å². The zero-order valence-corrected chi connectivity index (χ0v) is 10.8. The van der Waals surface area contributed by atoms with Crippen LogP contribution >= 0.6 is 0 Å². The highest BCUT2D eigenvalue weighted by Crippen LogP contribution is 2.46. The van der Waals surface area contributed by atoms with E-state index in [4.69, 9.17) is 0 Å². The fourth-order valence-corrected chi connectivity index (χ4v) is 3.62. The minimum Gasteiger partial charge on any atom is -0.477 e. The molecule has 19 heavy (non-hydrogen) atoms. The minimum atomic E-state index is -1.03. The predicted octanol–water partition coefficient (Wildman–Crippen LogP) is -0.454. The average Bonchev–Trinajstić information content (AvgIpc) is 2.92. The molecule has 2 fully saturated rings. The second-order valence-electron chi connectivity index (χ2n) is 5.61. The number of aliphatic hydroxyl groups excluding tert-OH is 1. The summed E-state index contributed by atoms with van der Waals surface area (Å²) in [5.41, 5.74) is 1.04. The molecule has 3 heterocycles. The van der Waals surface area contributed by atoms with Crippen molar-refractivity contribution in [1.29, 1.82) is 0 Å². The quantitative estimate of drug-likeness (QED) is 0.602. The topological polar surface area (TPSA) is 89.9 Å². The van der Waals surface area contributed by atoms with Gasteiger partial charge in [-0.3, -0.25) is 4.79 Å². The molecule has 0 radical (unpaired) electrons. The van der Waals surface area contributed by atoms with Gasteiger partial charge in [0.05, 0.1) is 18.1 Å². The zero-order valence-electron chi connectivity index (χ0n) is 10.8. The van der Waals surface area contributed by atoms with Gasteiger partial charge in [-0.15, -0.1) is 0 Å². The lowest BCUT2D eigenvalue weighted by Gasteiger charge is -2.44. The van der Waals surface area contributed by atoms with E-state index < -0.39 is 18.0 Å². The number of hydrogen-bond donors (Lipinski definition) is 3. The van der Waals surface area contributed by atoms with Crippen molar-refractivity contribution in [3.63, 3.8) is 0 Å². The van der Waals surface area contributed by atoms with Crippen LogP contribution in [-0.4, -0.2) is 52.2 Å². The third-order valence-electron chi connectivity index (χ3n) is 4.52. The van der Waals surface area contributed by atoms with E-state index in [1.165, 1.54) is 4.90 Å². The molecular weight excluding hydrogens is 248 g/mol. The zero-order chi connectivity index (χ0) is 13.7. The molecular formula is C13H18N2O4. The summed E-state index contributed by atoms with van der Waals surface area (Å²) in [6.45, 7) is 3.26. The third kappa shape index (κ3) is 1.70. The molecule has 1 amide bonds. The molecule has 3 rings (SSSR count). The molecule has 6 heteroatoms. The molecule has 0 aromatic carbocycles. The molecule has 3 aliphatic rings. The van der Waals surface area contributed by atoms with Gasteiger partial charge in [0.15, 0.2) is 0 Å². The first-order chi connectivity index (χ1) is 9.02. The monoisotopic (exact) mass is 266 g/mol. The smallest absolute Gasteiger partial charge is 0.352 e. The Morgan fingerprint density at radius 1 is 1.53 bits per heavy atom. The Balaban J connectivity index is 1.91. The molecule has 0 spiro atoms. The molecule has 3 aliphatic heterocycles. The molecule has 4 atom stereocenters. The number of β-lactam (4-membered cyclic amide) rings is 1. The molecule has 6 nitrogen and oxygen atoms in total. The van der Waals surface area contributed by atoms with E-state index in [1.807, 2.05) is 0 Å². The van der Waals surface area contributed by atoms with Crippen LogP contribution in [0.1, 0.15) is 19.8 Å². The van der Waals surface area contributed by atoms with Crippen molar-refractivity contribution in [3.05, 3.63) is 11.3 Å². The standard InChI is InChI=1S/C13H18N2O4/c1-6(16)10-9-4-8(7-2-3-14-5-7)11(13(18)19)15(9)12(10)17/h6-7,9-10,14,16H,2-5H2,1H3,(H,18,19)/t6-,7?,9-,10-/m1/s1. The lowest BCUT2D eigenvalue weighted by atomic mass is 9.82. The number of carbonyl (C=O) groups is 2. The Labute approximate surface area is 111 Å². The fraction of sp³-hybridized carbons (Fsp3) is 0.692. The number of nitrogens with zero attached hydrogens (tertiary/aromatic N) is 1. The van der Waals surface area contributed by atoms with E-state index in [0.29, 0.717) is 6.42 Å². The first-order valence-electron chi connectivity index (χ1n) is 6.70. The maximum absolute atomic E-state index is 12.0. The number of carbonyl (C=O) groups excluding carboxylic acids is 1. The SMILES string of the molecule is C[C@@H](O)[C@H]1C(=O)N2C(C(=O)O)=C(C3CCNC3)C[C@H]12. The largest absolute Gasteiger partial charge is 0.477 e. The molecule has 0 saturated carbocycles. The number of rotatable bonds is 3. The van der Waals surface area contributed by atoms with Gasteiger partial charge < -0.3 is 20.4 Å². The van der Waals surface area contributed by atoms with Crippen LogP contribution in [0.15, 0.2) is 11.3 Å². The van der Waals surface area contributed by atoms with Gasteiger partial charge in [-0.05, 0) is 37.8 Å². The van der Waals surface area contributed by atoms with Crippen molar-refractivity contribution >= 4 is 11.9 Å². The van der Waals surface area contributed by atoms with Gasteiger partial charge in [0.25, 0.3) is 0 Å². The summed E-state index contributed by atoms with van der Waals surface area (Å²) in [5, 5.41) is 22.2. The summed E-state index contributed by atoms with van der Waals surface area (Å²) >= 11 is 0. The van der Waals surface area contributed by atoms with Crippen LogP contribution in [0, 0.1) is 11.8 Å². The summed E-state index contributed by atoms with van der Waals surface area (Å²) < 4.78 is 0. The van der Waals surface area contributed by atoms with Gasteiger partial charge in [0, 0.05) is 6.54 Å². The van der Waals surface area contributed by atoms with Crippen molar-refractivity contribution in [2.45, 2.75) is 31.9 Å². The van der Waals surface area contributed by atoms with Gasteiger partial charge in [0.1, 0.15) is 5.70 Å². The van der Waals surface area contributed by atoms with Crippen LogP contribution in [0.4, 0.5) is 0 Å². The van der Waals surface area contributed by atoms with Crippen LogP contribution in [0.5, 0.6) is 0 Å². The summed E-state index contributed by atoms with van der Waals surface area (Å²) in [6, 6.07) is -0.158. The van der Waals surface area contributed by atoms with E-state index in [0.717, 1.165) is 25.1 Å². The summed E-state index contributed by atoms with van der Waals surface area (Å²) in [7, 11) is 0. The van der Waals surface area contributed by atoms with Crippen LogP contribution in [0.2, 0.25) is 0 Å². The van der Waals surface area contributed by atoms with Crippen molar-refractivity contribution < 1.29 is 19.8 Å². The summed E-state index contributed by atoms with van der Waals surface area (Å²) in [6.07, 6.45) is 0.792. The lowest BCUT2D eigenvalue weighted by molar-refractivity contribution is -0.161. The van der Waals surface area contributed by atoms with Crippen molar-refractivity contribution in [2.24, 2.45) is 11.8 Å². The predicted molar refractivity (Wildman–Crippen MR) is 66.1 cm³/mol. The van der Waals surface area contributed by atoms with E-state index in [-0.39, 0.29) is 23.6 Å². The number of carboxylic acids is 1. The number of carboxylic acid groups (broad SMARTS) is 1. The van der Waals surface area contributed by atoms with E-state index in [1.54, 1.807) is 6.92 Å². The van der Waals surface area contributed by atoms with E-state index >= 15 is 0 Å². The fourth-order valence-electron chi connectivity index (χ4n) is 3.62. The van der Waals surface area contributed by atoms with Gasteiger partial charge in [0.2, 0.25) is 5.91 Å². The maximum atomic E-state index is 12.0. The first-order valence-corrected chi connectivity index (χ1v) is 6.70. The Bertz CT molecular complexity index is 465. The molecule has 104 valence electrons. The normalized spacial score (nSPS) is 35.4. The molecule has 3 N–H and O–H groups in total. The van der Waals surface area contributed by atoms with Crippen LogP contribution < -0.4 is 5.32 Å². The average molecular weight is 266 g/mol. The Kier molecular flexibility index (Phi) is 2.87. The van der Waals surface area contributed by atoms with Crippen LogP contribution in [-0.2, 0) is 9.59 Å². The number of aliphatic carboxylic acids is 1. The number of nitrogens with one attached hydrogen (secondary N) is 1. The van der Waals surface area contributed by atoms with Crippen LogP contribution in [0.25, 0.3) is 0 Å². The minimum absolute atomic E-state index is 0.158. The Morgan fingerprint density at radius 2 is 2.26 bits per heavy atom. The molecule has 0 bridgehead atoms. The van der Waals surface area contributed by atoms with Gasteiger partial charge in [-0.25, -0.2) is 4.79 Å². The Hall–Kier alpha value is -1.40. The second kappa shape index (κ2) is 4.31. The van der Waals surface area contributed by atoms with Gasteiger partial charge in [-0.1, -0.05) is 0 Å². The van der Waals surface area contributed by atoms with E-state index in [9.17, 15) is 19.8 Å². The second-order valence-corrected chi connectivity index (χ2v) is 5.61. The molecule has 0 aromatic rings. The Morgan fingerprint density at radius 3 is 2.79 bits per heavy atom. The highest BCUT2D eigenvalue weighted by molar-refractivity contribution is 5.99. The molecule has 0 aromatic heterocycles. The molecule has 2 saturated heterocycles. The van der Waals surface area contributed by atoms with Crippen molar-refractivity contribution in [3.8, 4) is 0 Å². The number of fused-ring (bicyclic) bond motifs is 1. The highest BCUT2D eigenvalue weighted by Gasteiger charge is 2.57. The molecule has 1 unspecified atom stereocenters. The number of aliphatic hydroxyl groups is 1. The highest BCUT2D eigenvalue weighted by atomic mass is 16.4. The number of hydrogen-bond acceptors (Lipinski definition) is 4. The lowest BCUT2D eigenvalue weighted by Crippen LogP contribution is -2.61. The van der Waals surface area contributed by atoms with Crippen molar-refractivity contribution in [2.75, 3.05) is 13.1 Å². The molecule has 0 aliphatic carbocycles. The maximum Gasteiger partial charge on any atom is 0.352 e. The number of amides is 1. The van der Waals surface area contributed by atoms with Gasteiger partial charge in [-0.2, -0.15) is 0 Å². The third-order valence-corrected chi connectivity index (χ3v) is 4.52. The summed E-state index contributed by atoms with van der Waals surface area (Å²) in [5.74, 6) is -1.51. The van der Waals surface area contributed by atoms with Crippen LogP contribution in [0.3, 0.4) is 0 Å². The first kappa shape index (κ1) is 12.6. The summed E-state index contributed by atoms with van der Waals surface area (Å²) in [4.78, 5) is 24.8. The van der Waals surface area contributed by atoms with Crippen molar-refractivity contribution in [1.82, 2.24) is 10.2 Å².